The summed E-state index contributed by atoms with van der Waals surface area (Å²) < 4.78 is 4.67. The molecule has 0 aliphatic heterocycles. The highest BCUT2D eigenvalue weighted by atomic mass is 16.5. The van der Waals surface area contributed by atoms with E-state index in [-0.39, 0.29) is 0 Å². The Labute approximate surface area is 93.8 Å². The fourth-order valence-electron chi connectivity index (χ4n) is 1.11. The van der Waals surface area contributed by atoms with Crippen LogP contribution in [-0.2, 0) is 4.74 Å². The Hall–Kier alpha value is -1.98. The van der Waals surface area contributed by atoms with Gasteiger partial charge in [0.1, 0.15) is 5.69 Å². The van der Waals surface area contributed by atoms with E-state index in [1.54, 1.807) is 26.2 Å². The number of aryl methyl sites for hydroxylation is 1. The molecule has 0 saturated carbocycles. The zero-order chi connectivity index (χ0) is 12.0. The molecule has 6 heteroatoms. The molecule has 1 aromatic heterocycles. The molecule has 0 radical (unpaired) electrons. The fraction of sp³-hybridized carbons (Fsp3) is 0.400. The van der Waals surface area contributed by atoms with Gasteiger partial charge in [-0.15, -0.1) is 0 Å². The van der Waals surface area contributed by atoms with Crippen LogP contribution >= 0.6 is 0 Å². The van der Waals surface area contributed by atoms with Gasteiger partial charge in [0.2, 0.25) is 0 Å². The molecule has 1 amide bonds. The van der Waals surface area contributed by atoms with E-state index in [4.69, 9.17) is 0 Å². The maximum atomic E-state index is 11.0. The van der Waals surface area contributed by atoms with Crippen LogP contribution in [0.5, 0.6) is 0 Å². The Morgan fingerprint density at radius 3 is 2.81 bits per heavy atom. The molecule has 0 aromatic carbocycles. The second-order valence-electron chi connectivity index (χ2n) is 3.02. The number of hydrogen-bond donors (Lipinski definition) is 1. The molecule has 0 atom stereocenters. The Bertz CT molecular complexity index is 404. The molecule has 86 valence electrons. The summed E-state index contributed by atoms with van der Waals surface area (Å²) in [6.45, 7) is 5.60. The molecule has 0 spiro atoms. The Balaban J connectivity index is 2.71. The third kappa shape index (κ3) is 3.30. The highest BCUT2D eigenvalue weighted by Gasteiger charge is 2.05. The van der Waals surface area contributed by atoms with E-state index in [0.717, 1.165) is 5.69 Å². The molecule has 1 rings (SSSR count). The number of hydrazone groups is 1. The van der Waals surface area contributed by atoms with Crippen molar-refractivity contribution in [3.8, 4) is 0 Å². The smallest absolute Gasteiger partial charge is 0.427 e. The predicted molar refractivity (Wildman–Crippen MR) is 59.1 cm³/mol. The largest absolute Gasteiger partial charge is 0.449 e. The molecule has 16 heavy (non-hydrogen) atoms. The summed E-state index contributed by atoms with van der Waals surface area (Å²) in [4.78, 5) is 19.2. The molecule has 0 saturated heterocycles. The van der Waals surface area contributed by atoms with E-state index >= 15 is 0 Å². The van der Waals surface area contributed by atoms with Crippen molar-refractivity contribution in [2.75, 3.05) is 6.61 Å². The minimum absolute atomic E-state index is 0.310. The third-order valence-electron chi connectivity index (χ3n) is 1.81. The van der Waals surface area contributed by atoms with Gasteiger partial charge in [0.05, 0.1) is 18.0 Å². The van der Waals surface area contributed by atoms with Gasteiger partial charge in [0, 0.05) is 12.4 Å². The van der Waals surface area contributed by atoms with Gasteiger partial charge in [-0.1, -0.05) is 0 Å². The standard InChI is InChI=1S/C10H14N4O2/c1-4-16-10(15)14-13-8(3)9-7(2)11-5-6-12-9/h5-6H,4H2,1-3H3,(H,14,15). The van der Waals surface area contributed by atoms with Gasteiger partial charge in [-0.05, 0) is 20.8 Å². The van der Waals surface area contributed by atoms with Crippen molar-refractivity contribution in [1.29, 1.82) is 0 Å². The number of aromatic nitrogens is 2. The monoisotopic (exact) mass is 222 g/mol. The first kappa shape index (κ1) is 12.1. The first-order valence-corrected chi connectivity index (χ1v) is 4.90. The minimum Gasteiger partial charge on any atom is -0.449 e. The van der Waals surface area contributed by atoms with Crippen molar-refractivity contribution in [3.63, 3.8) is 0 Å². The lowest BCUT2D eigenvalue weighted by molar-refractivity contribution is 0.152. The Morgan fingerprint density at radius 2 is 2.19 bits per heavy atom. The van der Waals surface area contributed by atoms with Crippen molar-refractivity contribution in [2.45, 2.75) is 20.8 Å². The lowest BCUT2D eigenvalue weighted by atomic mass is 10.2. The number of carbonyl (C=O) groups is 1. The Morgan fingerprint density at radius 1 is 1.50 bits per heavy atom. The molecular weight excluding hydrogens is 208 g/mol. The molecule has 0 aliphatic carbocycles. The van der Waals surface area contributed by atoms with Crippen molar-refractivity contribution >= 4 is 11.8 Å². The molecule has 1 N–H and O–H groups in total. The summed E-state index contributed by atoms with van der Waals surface area (Å²) in [6, 6.07) is 0. The van der Waals surface area contributed by atoms with Gasteiger partial charge >= 0.3 is 6.09 Å². The second-order valence-corrected chi connectivity index (χ2v) is 3.02. The fourth-order valence-corrected chi connectivity index (χ4v) is 1.11. The Kier molecular flexibility index (Phi) is 4.38. The van der Waals surface area contributed by atoms with Gasteiger partial charge in [-0.25, -0.2) is 10.2 Å². The van der Waals surface area contributed by atoms with Crippen LogP contribution in [0, 0.1) is 6.92 Å². The highest BCUT2D eigenvalue weighted by molar-refractivity contribution is 5.98. The van der Waals surface area contributed by atoms with Gasteiger partial charge in [-0.3, -0.25) is 9.97 Å². The maximum absolute atomic E-state index is 11.0. The van der Waals surface area contributed by atoms with E-state index in [1.165, 1.54) is 0 Å². The SMILES string of the molecule is CCOC(=O)NN=C(C)c1nccnc1C. The van der Waals surface area contributed by atoms with E-state index in [9.17, 15) is 4.79 Å². The normalized spacial score (nSPS) is 11.1. The van der Waals surface area contributed by atoms with Crippen LogP contribution in [-0.4, -0.2) is 28.4 Å². The van der Waals surface area contributed by atoms with Crippen molar-refractivity contribution in [1.82, 2.24) is 15.4 Å². The number of rotatable bonds is 3. The maximum Gasteiger partial charge on any atom is 0.427 e. The van der Waals surface area contributed by atoms with E-state index in [1.807, 2.05) is 6.92 Å². The highest BCUT2D eigenvalue weighted by Crippen LogP contribution is 2.00. The summed E-state index contributed by atoms with van der Waals surface area (Å²) in [5, 5.41) is 3.86. The topological polar surface area (TPSA) is 76.5 Å². The molecule has 1 heterocycles. The van der Waals surface area contributed by atoms with Crippen molar-refractivity contribution in [3.05, 3.63) is 23.8 Å². The summed E-state index contributed by atoms with van der Waals surface area (Å²) >= 11 is 0. The van der Waals surface area contributed by atoms with Crippen LogP contribution < -0.4 is 5.43 Å². The number of hydrogen-bond acceptors (Lipinski definition) is 5. The van der Waals surface area contributed by atoms with Crippen LogP contribution in [0.25, 0.3) is 0 Å². The lowest BCUT2D eigenvalue weighted by Gasteiger charge is -2.03. The van der Waals surface area contributed by atoms with Crippen LogP contribution in [0.3, 0.4) is 0 Å². The second kappa shape index (κ2) is 5.79. The first-order valence-electron chi connectivity index (χ1n) is 4.90. The zero-order valence-electron chi connectivity index (χ0n) is 9.52. The summed E-state index contributed by atoms with van der Waals surface area (Å²) in [5.74, 6) is 0. The quantitative estimate of drug-likeness (QED) is 0.617. The summed E-state index contributed by atoms with van der Waals surface area (Å²) in [5.41, 5.74) is 4.26. The minimum atomic E-state index is -0.580. The number of carbonyl (C=O) groups excluding carboxylic acids is 1. The first-order chi connectivity index (χ1) is 7.65. The van der Waals surface area contributed by atoms with Crippen LogP contribution in [0.15, 0.2) is 17.5 Å². The zero-order valence-corrected chi connectivity index (χ0v) is 9.52. The molecule has 0 bridgehead atoms. The number of ether oxygens (including phenoxy) is 1. The van der Waals surface area contributed by atoms with Gasteiger partial charge < -0.3 is 4.74 Å². The lowest BCUT2D eigenvalue weighted by Crippen LogP contribution is -2.20. The number of amides is 1. The van der Waals surface area contributed by atoms with Crippen LogP contribution in [0.2, 0.25) is 0 Å². The third-order valence-corrected chi connectivity index (χ3v) is 1.81. The van der Waals surface area contributed by atoms with Gasteiger partial charge in [-0.2, -0.15) is 5.10 Å². The summed E-state index contributed by atoms with van der Waals surface area (Å²) in [6.07, 6.45) is 2.60. The molecule has 0 fully saturated rings. The van der Waals surface area contributed by atoms with E-state index in [0.29, 0.717) is 18.0 Å². The van der Waals surface area contributed by atoms with E-state index < -0.39 is 6.09 Å². The van der Waals surface area contributed by atoms with Gasteiger partial charge in [0.25, 0.3) is 0 Å². The predicted octanol–water partition coefficient (Wildman–Crippen LogP) is 1.26. The van der Waals surface area contributed by atoms with Crippen molar-refractivity contribution in [2.24, 2.45) is 5.10 Å². The number of nitrogens with zero attached hydrogens (tertiary/aromatic N) is 3. The molecule has 6 nitrogen and oxygen atoms in total. The van der Waals surface area contributed by atoms with E-state index in [2.05, 4.69) is 25.2 Å². The molecule has 0 unspecified atom stereocenters. The van der Waals surface area contributed by atoms with Gasteiger partial charge in [0.15, 0.2) is 0 Å². The molecular formula is C10H14N4O2. The number of nitrogens with one attached hydrogen (secondary N) is 1. The molecule has 0 aliphatic rings. The average Bonchev–Trinajstić information content (AvgIpc) is 2.27. The van der Waals surface area contributed by atoms with Crippen LogP contribution in [0.1, 0.15) is 25.2 Å². The summed E-state index contributed by atoms with van der Waals surface area (Å²) in [7, 11) is 0. The van der Waals surface area contributed by atoms with Crippen molar-refractivity contribution < 1.29 is 9.53 Å². The molecule has 1 aromatic rings. The van der Waals surface area contributed by atoms with Crippen LogP contribution in [0.4, 0.5) is 4.79 Å². The average molecular weight is 222 g/mol.